The summed E-state index contributed by atoms with van der Waals surface area (Å²) in [6.45, 7) is -3.56. The van der Waals surface area contributed by atoms with E-state index >= 15 is 0 Å². The van der Waals surface area contributed by atoms with Crippen molar-refractivity contribution < 1.29 is 13.6 Å². The summed E-state index contributed by atoms with van der Waals surface area (Å²) in [6.07, 6.45) is 0. The van der Waals surface area contributed by atoms with Crippen molar-refractivity contribution in [3.8, 4) is 16.9 Å². The average Bonchev–Trinajstić information content (AvgIpc) is 2.39. The van der Waals surface area contributed by atoms with Gasteiger partial charge >= 0.3 is 111 Å². The molecular weight excluding hydrogens is 287 g/mol. The predicted octanol–water partition coefficient (Wildman–Crippen LogP) is 1.80. The zero-order valence-corrected chi connectivity index (χ0v) is 11.9. The monoisotopic (exact) mass is 298 g/mol. The van der Waals surface area contributed by atoms with Crippen LogP contribution < -0.4 is 9.83 Å². The molecule has 6 heteroatoms. The second-order valence-corrected chi connectivity index (χ2v) is 11.5. The van der Waals surface area contributed by atoms with Crippen molar-refractivity contribution in [1.82, 2.24) is 0 Å². The fraction of sp³-hybridized carbons (Fsp3) is 0. The zero-order valence-electron chi connectivity index (χ0n) is 9.24. The van der Waals surface area contributed by atoms with Crippen molar-refractivity contribution >= 4 is 32.4 Å². The number of thiol groups is 1. The molecule has 0 spiro atoms. The number of hydrogen-bond donors (Lipinski definition) is 2. The van der Waals surface area contributed by atoms with Crippen LogP contribution in [0, 0.1) is 0 Å². The SMILES string of the molecule is O=[SH](=S)[PH]1(O)Oc2ccccc2-c2ccccc21. The van der Waals surface area contributed by atoms with Gasteiger partial charge in [0.2, 0.25) is 0 Å². The summed E-state index contributed by atoms with van der Waals surface area (Å²) in [4.78, 5) is 10.6. The number of hydrogen-bond acceptors (Lipinski definition) is 4. The van der Waals surface area contributed by atoms with Crippen LogP contribution in [0.15, 0.2) is 48.5 Å². The summed E-state index contributed by atoms with van der Waals surface area (Å²) in [7, 11) is -2.21. The van der Waals surface area contributed by atoms with Crippen LogP contribution in [-0.2, 0) is 20.2 Å². The molecule has 0 aromatic heterocycles. The van der Waals surface area contributed by atoms with Gasteiger partial charge in [-0.1, -0.05) is 0 Å². The van der Waals surface area contributed by atoms with Crippen molar-refractivity contribution in [1.29, 1.82) is 0 Å². The second-order valence-electron chi connectivity index (χ2n) is 4.01. The molecule has 1 heterocycles. The fourth-order valence-electron chi connectivity index (χ4n) is 2.12. The first-order valence-electron chi connectivity index (χ1n) is 5.38. The van der Waals surface area contributed by atoms with Crippen LogP contribution in [0.3, 0.4) is 0 Å². The Bertz CT molecular complexity index is 691. The van der Waals surface area contributed by atoms with Gasteiger partial charge in [-0.25, -0.2) is 0 Å². The Morgan fingerprint density at radius 3 is 2.39 bits per heavy atom. The molecule has 0 fully saturated rings. The van der Waals surface area contributed by atoms with Crippen molar-refractivity contribution in [2.45, 2.75) is 0 Å². The molecule has 2 aromatic carbocycles. The van der Waals surface area contributed by atoms with Crippen molar-refractivity contribution in [3.63, 3.8) is 0 Å². The Labute approximate surface area is 111 Å². The molecule has 0 saturated carbocycles. The molecule has 2 aromatic rings. The van der Waals surface area contributed by atoms with Gasteiger partial charge in [0.15, 0.2) is 0 Å². The van der Waals surface area contributed by atoms with E-state index < -0.39 is 15.9 Å². The molecule has 0 amide bonds. The summed E-state index contributed by atoms with van der Waals surface area (Å²) in [6, 6.07) is 14.7. The standard InChI is InChI=1S/C12H11O3PS2/c13-16(18(14)17)12-8-4-2-6-10(12)9-5-1-3-7-11(9)15-16/h1-8,13,16,18H. The minimum absolute atomic E-state index is 0.554. The van der Waals surface area contributed by atoms with Gasteiger partial charge in [-0.3, -0.25) is 0 Å². The van der Waals surface area contributed by atoms with Crippen LogP contribution in [0.4, 0.5) is 0 Å². The molecule has 3 rings (SSSR count). The van der Waals surface area contributed by atoms with E-state index in [9.17, 15) is 9.10 Å². The second kappa shape index (κ2) is 4.28. The van der Waals surface area contributed by atoms with Gasteiger partial charge in [-0.2, -0.15) is 0 Å². The third kappa shape index (κ3) is 1.67. The maximum atomic E-state index is 11.7. The summed E-state index contributed by atoms with van der Waals surface area (Å²) >= 11 is 4.81. The molecular formula is C12H11O3PS2. The van der Waals surface area contributed by atoms with E-state index in [0.29, 0.717) is 11.1 Å². The summed E-state index contributed by atoms with van der Waals surface area (Å²) in [5.41, 5.74) is 1.76. The van der Waals surface area contributed by atoms with Crippen molar-refractivity contribution in [2.24, 2.45) is 0 Å². The van der Waals surface area contributed by atoms with E-state index in [4.69, 9.17) is 15.7 Å². The first-order chi connectivity index (χ1) is 8.63. The van der Waals surface area contributed by atoms with Crippen LogP contribution >= 0.6 is 6.92 Å². The molecule has 1 atom stereocenters. The van der Waals surface area contributed by atoms with Gasteiger partial charge in [-0.15, -0.1) is 0 Å². The zero-order chi connectivity index (χ0) is 12.8. The first kappa shape index (κ1) is 12.1. The van der Waals surface area contributed by atoms with E-state index in [1.54, 1.807) is 18.2 Å². The quantitative estimate of drug-likeness (QED) is 0.622. The minimum atomic E-state index is -3.56. The van der Waals surface area contributed by atoms with E-state index in [1.165, 1.54) is 0 Å². The molecule has 0 radical (unpaired) electrons. The molecule has 94 valence electrons. The third-order valence-electron chi connectivity index (χ3n) is 2.95. The number of benzene rings is 2. The van der Waals surface area contributed by atoms with Crippen LogP contribution in [0.2, 0.25) is 0 Å². The predicted molar refractivity (Wildman–Crippen MR) is 79.6 cm³/mol. The van der Waals surface area contributed by atoms with Gasteiger partial charge in [-0.05, 0) is 0 Å². The Kier molecular flexibility index (Phi) is 2.87. The van der Waals surface area contributed by atoms with E-state index in [1.807, 2.05) is 30.3 Å². The van der Waals surface area contributed by atoms with Crippen LogP contribution in [-0.4, -0.2) is 9.10 Å². The molecule has 0 saturated heterocycles. The molecule has 1 aliphatic rings. The van der Waals surface area contributed by atoms with Gasteiger partial charge in [0.25, 0.3) is 0 Å². The summed E-state index contributed by atoms with van der Waals surface area (Å²) in [5, 5.41) is 0.597. The Morgan fingerprint density at radius 1 is 1.06 bits per heavy atom. The average molecular weight is 298 g/mol. The Balaban J connectivity index is 2.36. The van der Waals surface area contributed by atoms with Gasteiger partial charge < -0.3 is 0 Å². The molecule has 3 nitrogen and oxygen atoms in total. The van der Waals surface area contributed by atoms with Crippen LogP contribution in [0.5, 0.6) is 5.75 Å². The number of fused-ring (bicyclic) bond motifs is 3. The van der Waals surface area contributed by atoms with Gasteiger partial charge in [0.05, 0.1) is 0 Å². The molecule has 1 aliphatic heterocycles. The Hall–Kier alpha value is -1.00. The van der Waals surface area contributed by atoms with Crippen LogP contribution in [0.25, 0.3) is 11.1 Å². The van der Waals surface area contributed by atoms with E-state index in [2.05, 4.69) is 0 Å². The normalized spacial score (nSPS) is 18.9. The topological polar surface area (TPSA) is 46.5 Å². The first-order valence-corrected chi connectivity index (χ1v) is 10.3. The van der Waals surface area contributed by atoms with E-state index in [-0.39, 0.29) is 0 Å². The summed E-state index contributed by atoms with van der Waals surface area (Å²) in [5.74, 6) is 0.554. The van der Waals surface area contributed by atoms with Gasteiger partial charge in [0.1, 0.15) is 0 Å². The van der Waals surface area contributed by atoms with Crippen molar-refractivity contribution in [2.75, 3.05) is 0 Å². The maximum absolute atomic E-state index is 11.7. The Morgan fingerprint density at radius 2 is 1.67 bits per heavy atom. The third-order valence-corrected chi connectivity index (χ3v) is 9.80. The molecule has 1 unspecified atom stereocenters. The van der Waals surface area contributed by atoms with E-state index in [0.717, 1.165) is 11.1 Å². The fourth-order valence-corrected chi connectivity index (χ4v) is 6.79. The molecule has 1 N–H and O–H groups in total. The molecule has 0 aliphatic carbocycles. The van der Waals surface area contributed by atoms with Crippen molar-refractivity contribution in [3.05, 3.63) is 48.5 Å². The number of para-hydroxylation sites is 1. The number of rotatable bonds is 1. The van der Waals surface area contributed by atoms with Crippen LogP contribution in [0.1, 0.15) is 0 Å². The molecule has 0 bridgehead atoms. The molecule has 18 heavy (non-hydrogen) atoms. The van der Waals surface area contributed by atoms with Gasteiger partial charge in [0, 0.05) is 0 Å². The summed E-state index contributed by atoms with van der Waals surface area (Å²) < 4.78 is 17.4.